The van der Waals surface area contributed by atoms with E-state index < -0.39 is 101 Å². The molecule has 7 rings (SSSR count). The number of nitrogens with two attached hydrogens (primary N) is 1. The van der Waals surface area contributed by atoms with Crippen molar-refractivity contribution in [3.8, 4) is 0 Å². The van der Waals surface area contributed by atoms with Gasteiger partial charge >= 0.3 is 20.4 Å². The van der Waals surface area contributed by atoms with E-state index in [0.717, 1.165) is 36.4 Å². The highest BCUT2D eigenvalue weighted by Gasteiger charge is 2.54. The molecule has 4 N–H and O–H groups in total. The van der Waals surface area contributed by atoms with Crippen LogP contribution in [0.15, 0.2) is 30.1 Å². The Hall–Kier alpha value is -3.44. The Kier molecular flexibility index (Phi) is 11.5. The molecular formula is C28H35F2N9O12P2S. The maximum absolute atomic E-state index is 16.3. The quantitative estimate of drug-likeness (QED) is 0.0948. The van der Waals surface area contributed by atoms with Gasteiger partial charge in [-0.25, -0.2) is 38.3 Å². The van der Waals surface area contributed by atoms with Gasteiger partial charge in [0.15, 0.2) is 47.4 Å². The Balaban J connectivity index is 1.21. The fraction of sp³-hybridized carbons (Fsp3) is 0.607. The molecule has 7 heterocycles. The van der Waals surface area contributed by atoms with E-state index in [-0.39, 0.29) is 34.6 Å². The molecule has 3 aliphatic heterocycles. The average Bonchev–Trinajstić information content (AvgIpc) is 3.90. The minimum Gasteiger partial charge on any atom is -0.454 e. The lowest BCUT2D eigenvalue weighted by Gasteiger charge is -2.27. The Bertz CT molecular complexity index is 2150. The summed E-state index contributed by atoms with van der Waals surface area (Å²) >= 11 is 0.407. The van der Waals surface area contributed by atoms with E-state index >= 15 is 8.78 Å². The number of carbonyl (C=O) groups excluding carboxylic acids is 1. The molecule has 4 aromatic heterocycles. The molecule has 54 heavy (non-hydrogen) atoms. The van der Waals surface area contributed by atoms with Crippen LogP contribution >= 0.6 is 25.8 Å². The van der Waals surface area contributed by atoms with Crippen LogP contribution < -0.4 is 11.3 Å². The number of imidazole rings is 2. The maximum Gasteiger partial charge on any atom is 0.393 e. The minimum absolute atomic E-state index is 0.0129. The summed E-state index contributed by atoms with van der Waals surface area (Å²) in [7, 11) is -4.72. The number of nitrogen functional groups attached to an aromatic ring is 1. The minimum atomic E-state index is -4.72. The van der Waals surface area contributed by atoms with Crippen molar-refractivity contribution in [2.45, 2.75) is 81.8 Å². The van der Waals surface area contributed by atoms with E-state index in [9.17, 15) is 23.6 Å². The molecule has 3 aliphatic rings. The van der Waals surface area contributed by atoms with Crippen molar-refractivity contribution in [1.82, 2.24) is 39.0 Å². The molecule has 3 saturated heterocycles. The smallest absolute Gasteiger partial charge is 0.393 e. The molecule has 4 aromatic rings. The average molecular weight is 822 g/mol. The van der Waals surface area contributed by atoms with Crippen LogP contribution in [0.3, 0.4) is 0 Å². The lowest BCUT2D eigenvalue weighted by atomic mass is 10.1. The first kappa shape index (κ1) is 38.8. The maximum atomic E-state index is 16.3. The second kappa shape index (κ2) is 16.0. The van der Waals surface area contributed by atoms with Crippen molar-refractivity contribution in [2.75, 3.05) is 31.2 Å². The third-order valence-electron chi connectivity index (χ3n) is 8.77. The first-order chi connectivity index (χ1) is 25.9. The molecule has 0 radical (unpaired) electrons. The number of alkyl halides is 2. The van der Waals surface area contributed by atoms with Gasteiger partial charge in [-0.1, -0.05) is 19.8 Å². The highest BCUT2D eigenvalue weighted by molar-refractivity contribution is 8.55. The number of esters is 1. The van der Waals surface area contributed by atoms with E-state index in [4.69, 9.17) is 38.3 Å². The standard InChI is InChI=1S/C28H35F2N9O12P2S/c1-2-3-4-5-16(40)46-13-54-53(44)48-7-15-21(18(30)27(50-15)38-10-36-19-23(31)32-8-33-24(19)38)45-12-52(42,43)47-6-14-17(29)22(51-53)28(49-14)39-11-37-20-25(39)34-9-35-26(20)41/h8-11,14-15,17-18,21-22,27-28H,2-7,12-13H2,1H3,(H,42,43)(H2,31,32,33)(H,34,35,41)/t14-,15-,17-,18-,21-,22-,27-,28-,53?/m1/s1. The zero-order chi connectivity index (χ0) is 38.2. The zero-order valence-corrected chi connectivity index (χ0v) is 30.9. The number of hydrogen-bond acceptors (Lipinski definition) is 18. The number of unbranched alkanes of at least 4 members (excludes halogenated alkanes) is 2. The number of nitrogens with zero attached hydrogens (tertiary/aromatic N) is 7. The van der Waals surface area contributed by atoms with E-state index in [2.05, 4.69) is 29.9 Å². The fourth-order valence-corrected chi connectivity index (χ4v) is 9.69. The molecule has 3 fully saturated rings. The molecule has 294 valence electrons. The molecule has 2 unspecified atom stereocenters. The van der Waals surface area contributed by atoms with Crippen LogP contribution in [0.5, 0.6) is 0 Å². The second-order valence-corrected chi connectivity index (χ2v) is 18.1. The summed E-state index contributed by atoms with van der Waals surface area (Å²) < 4.78 is 102. The van der Waals surface area contributed by atoms with Gasteiger partial charge in [-0.3, -0.25) is 32.3 Å². The summed E-state index contributed by atoms with van der Waals surface area (Å²) in [5.41, 5.74) is 5.32. The number of hydrogen-bond donors (Lipinski definition) is 3. The Labute approximate surface area is 307 Å². The fourth-order valence-electron chi connectivity index (χ4n) is 6.09. The van der Waals surface area contributed by atoms with Crippen LogP contribution in [0.25, 0.3) is 22.3 Å². The number of aromatic amines is 1. The SMILES string of the molecule is CCCCCC(=O)OCSP1(=O)OC[C@H]2O[C@@H](n3cnc4c(N)ncnc43)[C@H](F)[C@@H]2OCP(=O)(O)OC[C@H]2O[C@@H](n3cnc4c(=O)[nH]cnc43)[C@H](O1)[C@@H]2F. The highest BCUT2D eigenvalue weighted by Crippen LogP contribution is 2.64. The van der Waals surface area contributed by atoms with E-state index in [1.807, 2.05) is 6.92 Å². The monoisotopic (exact) mass is 821 g/mol. The molecular weight excluding hydrogens is 786 g/mol. The summed E-state index contributed by atoms with van der Waals surface area (Å²) in [5.74, 6) is -1.13. The van der Waals surface area contributed by atoms with E-state index in [1.165, 1.54) is 10.9 Å². The van der Waals surface area contributed by atoms with Crippen molar-refractivity contribution in [2.24, 2.45) is 0 Å². The van der Waals surface area contributed by atoms with Gasteiger partial charge in [-0.2, -0.15) is 0 Å². The molecule has 0 amide bonds. The summed E-state index contributed by atoms with van der Waals surface area (Å²) in [4.78, 5) is 58.0. The van der Waals surface area contributed by atoms with Crippen LogP contribution in [-0.4, -0.2) is 112 Å². The number of ether oxygens (including phenoxy) is 4. The number of rotatable bonds is 9. The molecule has 0 aromatic carbocycles. The summed E-state index contributed by atoms with van der Waals surface area (Å²) in [5, 5.41) is 0. The molecule has 0 aliphatic carbocycles. The van der Waals surface area contributed by atoms with Crippen LogP contribution in [0.1, 0.15) is 45.1 Å². The molecule has 0 saturated carbocycles. The largest absolute Gasteiger partial charge is 0.454 e. The van der Waals surface area contributed by atoms with Gasteiger partial charge in [0.05, 0.1) is 32.2 Å². The van der Waals surface area contributed by atoms with Gasteiger partial charge in [-0.05, 0) is 6.42 Å². The normalized spacial score (nSPS) is 33.5. The number of halogens is 2. The zero-order valence-electron chi connectivity index (χ0n) is 28.3. The number of anilines is 1. The van der Waals surface area contributed by atoms with Crippen molar-refractivity contribution in [3.05, 3.63) is 35.7 Å². The number of H-pyrrole nitrogens is 1. The predicted octanol–water partition coefficient (Wildman–Crippen LogP) is 2.90. The van der Waals surface area contributed by atoms with Gasteiger partial charge < -0.3 is 39.1 Å². The van der Waals surface area contributed by atoms with E-state index in [0.29, 0.717) is 17.8 Å². The Morgan fingerprint density at radius 3 is 2.52 bits per heavy atom. The lowest BCUT2D eigenvalue weighted by molar-refractivity contribution is -0.141. The van der Waals surface area contributed by atoms with E-state index in [1.54, 1.807) is 0 Å². The first-order valence-electron chi connectivity index (χ1n) is 16.6. The summed E-state index contributed by atoms with van der Waals surface area (Å²) in [6, 6.07) is 0. The van der Waals surface area contributed by atoms with Crippen molar-refractivity contribution >= 4 is 59.9 Å². The number of carbonyl (C=O) groups is 1. The van der Waals surface area contributed by atoms with Gasteiger partial charge in [0.1, 0.15) is 48.5 Å². The second-order valence-electron chi connectivity index (χ2n) is 12.4. The third kappa shape index (κ3) is 7.95. The Morgan fingerprint density at radius 2 is 1.72 bits per heavy atom. The van der Waals surface area contributed by atoms with Gasteiger partial charge in [0, 0.05) is 17.8 Å². The highest BCUT2D eigenvalue weighted by atomic mass is 32.7. The first-order valence-corrected chi connectivity index (χ1v) is 21.5. The van der Waals surface area contributed by atoms with Crippen LogP contribution in [0.2, 0.25) is 0 Å². The summed E-state index contributed by atoms with van der Waals surface area (Å²) in [6.45, 7) is -4.29. The number of fused-ring (bicyclic) bond motifs is 5. The third-order valence-corrected chi connectivity index (χ3v) is 13.1. The lowest BCUT2D eigenvalue weighted by Crippen LogP contribution is -2.36. The van der Waals surface area contributed by atoms with Gasteiger partial charge in [0.25, 0.3) is 5.56 Å². The topological polar surface area (TPSA) is 269 Å². The van der Waals surface area contributed by atoms with Crippen molar-refractivity contribution < 1.29 is 60.1 Å². The van der Waals surface area contributed by atoms with Crippen LogP contribution in [-0.2, 0) is 46.4 Å². The predicted molar refractivity (Wildman–Crippen MR) is 182 cm³/mol. The molecule has 0 spiro atoms. The van der Waals surface area contributed by atoms with Gasteiger partial charge in [0.2, 0.25) is 0 Å². The molecule has 21 nitrogen and oxygen atoms in total. The van der Waals surface area contributed by atoms with Crippen LogP contribution in [0, 0.1) is 0 Å². The molecule has 26 heteroatoms. The summed E-state index contributed by atoms with van der Waals surface area (Å²) in [6.07, 6.45) is -8.08. The molecule has 2 bridgehead atoms. The van der Waals surface area contributed by atoms with Crippen LogP contribution in [0.4, 0.5) is 14.6 Å². The number of aromatic nitrogens is 8. The van der Waals surface area contributed by atoms with Crippen molar-refractivity contribution in [1.29, 1.82) is 0 Å². The Morgan fingerprint density at radius 1 is 1.00 bits per heavy atom. The van der Waals surface area contributed by atoms with Crippen molar-refractivity contribution in [3.63, 3.8) is 0 Å². The molecule has 10 atom stereocenters. The van der Waals surface area contributed by atoms with Gasteiger partial charge in [-0.15, -0.1) is 0 Å². The number of nitrogens with one attached hydrogen (secondary N) is 1.